The van der Waals surface area contributed by atoms with Gasteiger partial charge < -0.3 is 24.4 Å². The molecule has 1 saturated heterocycles. The van der Waals surface area contributed by atoms with E-state index in [4.69, 9.17) is 14.2 Å². The lowest BCUT2D eigenvalue weighted by Gasteiger charge is -2.26. The number of aliphatic hydroxyl groups excluding tert-OH is 1. The highest BCUT2D eigenvalue weighted by Crippen LogP contribution is 2.38. The number of carbonyl (C=O) groups is 2. The van der Waals surface area contributed by atoms with Gasteiger partial charge in [0.1, 0.15) is 18.1 Å². The summed E-state index contributed by atoms with van der Waals surface area (Å²) in [7, 11) is 1.48. The van der Waals surface area contributed by atoms with Crippen molar-refractivity contribution < 1.29 is 34.0 Å². The highest BCUT2D eigenvalue weighted by Gasteiger charge is 2.21. The third kappa shape index (κ3) is 6.78. The van der Waals surface area contributed by atoms with Crippen molar-refractivity contribution in [2.75, 3.05) is 46.6 Å². The summed E-state index contributed by atoms with van der Waals surface area (Å²) >= 11 is 0. The zero-order valence-electron chi connectivity index (χ0n) is 18.6. The van der Waals surface area contributed by atoms with Gasteiger partial charge in [0, 0.05) is 31.6 Å². The fraction of sp³-hybridized carbons (Fsp3) is 0.565. The highest BCUT2D eigenvalue weighted by atomic mass is 16.5. The molecule has 31 heavy (non-hydrogen) atoms. The van der Waals surface area contributed by atoms with Gasteiger partial charge in [-0.2, -0.15) is 0 Å². The van der Waals surface area contributed by atoms with E-state index in [0.717, 1.165) is 31.9 Å². The van der Waals surface area contributed by atoms with Crippen LogP contribution in [0.4, 0.5) is 0 Å². The van der Waals surface area contributed by atoms with Gasteiger partial charge >= 0.3 is 5.97 Å². The number of nitrogens with zero attached hydrogens (tertiary/aromatic N) is 1. The molecular formula is C23H33NO7. The standard InChI is InChI=1S/C23H33NO7/c1-16(5-7-21(27)31-13-10-24-8-11-30-12-9-24)4-6-18-22(28)20(15-26)19(14-25)17(2)23(18)29-3/h4,15,25,28H,5-14H2,1-3H3/b16-4+. The van der Waals surface area contributed by atoms with E-state index in [1.54, 1.807) is 6.92 Å². The van der Waals surface area contributed by atoms with Crippen LogP contribution < -0.4 is 4.74 Å². The van der Waals surface area contributed by atoms with Crippen LogP contribution in [-0.4, -0.2) is 73.9 Å². The number of hydrogen-bond acceptors (Lipinski definition) is 8. The van der Waals surface area contributed by atoms with Crippen molar-refractivity contribution >= 4 is 12.3 Å². The molecule has 1 aliphatic rings. The molecule has 0 aromatic heterocycles. The number of aldehydes is 1. The summed E-state index contributed by atoms with van der Waals surface area (Å²) in [6, 6.07) is 0. The number of esters is 1. The molecule has 0 amide bonds. The maximum absolute atomic E-state index is 12.0. The van der Waals surface area contributed by atoms with Crippen molar-refractivity contribution in [2.24, 2.45) is 0 Å². The fourth-order valence-electron chi connectivity index (χ4n) is 3.64. The molecule has 0 radical (unpaired) electrons. The van der Waals surface area contributed by atoms with Crippen LogP contribution in [0.25, 0.3) is 0 Å². The third-order valence-corrected chi connectivity index (χ3v) is 5.57. The minimum absolute atomic E-state index is 0.0747. The molecule has 0 saturated carbocycles. The Labute approximate surface area is 183 Å². The van der Waals surface area contributed by atoms with Gasteiger partial charge in [0.2, 0.25) is 0 Å². The molecule has 8 heteroatoms. The van der Waals surface area contributed by atoms with E-state index in [9.17, 15) is 19.8 Å². The van der Waals surface area contributed by atoms with Gasteiger partial charge in [-0.1, -0.05) is 11.6 Å². The molecule has 2 N–H and O–H groups in total. The van der Waals surface area contributed by atoms with E-state index >= 15 is 0 Å². The van der Waals surface area contributed by atoms with Gasteiger partial charge in [0.25, 0.3) is 0 Å². The normalized spacial score (nSPS) is 15.0. The first-order valence-electron chi connectivity index (χ1n) is 10.5. The topological polar surface area (TPSA) is 106 Å². The lowest BCUT2D eigenvalue weighted by Crippen LogP contribution is -2.38. The molecular weight excluding hydrogens is 402 g/mol. The lowest BCUT2D eigenvalue weighted by molar-refractivity contribution is -0.144. The number of rotatable bonds is 11. The van der Waals surface area contributed by atoms with Crippen LogP contribution in [0.15, 0.2) is 11.6 Å². The Morgan fingerprint density at radius 3 is 2.55 bits per heavy atom. The van der Waals surface area contributed by atoms with E-state index < -0.39 is 0 Å². The van der Waals surface area contributed by atoms with Gasteiger partial charge in [-0.05, 0) is 37.8 Å². The van der Waals surface area contributed by atoms with Crippen LogP contribution >= 0.6 is 0 Å². The van der Waals surface area contributed by atoms with Gasteiger partial charge in [0.05, 0.1) is 32.5 Å². The van der Waals surface area contributed by atoms with Gasteiger partial charge in [-0.15, -0.1) is 0 Å². The van der Waals surface area contributed by atoms with Crippen LogP contribution in [0.5, 0.6) is 11.5 Å². The summed E-state index contributed by atoms with van der Waals surface area (Å²) in [4.78, 5) is 25.6. The molecule has 8 nitrogen and oxygen atoms in total. The Hall–Kier alpha value is -2.42. The average molecular weight is 436 g/mol. The van der Waals surface area contributed by atoms with Crippen LogP contribution in [0.3, 0.4) is 0 Å². The van der Waals surface area contributed by atoms with Gasteiger partial charge in [0.15, 0.2) is 6.29 Å². The molecule has 1 fully saturated rings. The number of aliphatic hydroxyl groups is 1. The molecule has 0 bridgehead atoms. The number of morpholine rings is 1. The van der Waals surface area contributed by atoms with Crippen LogP contribution in [0, 0.1) is 6.92 Å². The van der Waals surface area contributed by atoms with E-state index in [2.05, 4.69) is 4.90 Å². The van der Waals surface area contributed by atoms with Crippen molar-refractivity contribution in [3.63, 3.8) is 0 Å². The van der Waals surface area contributed by atoms with Crippen LogP contribution in [-0.2, 0) is 27.3 Å². The predicted octanol–water partition coefficient (Wildman–Crippen LogP) is 2.16. The average Bonchev–Trinajstić information content (AvgIpc) is 2.78. The number of phenolic OH excluding ortho intramolecular Hbond substituents is 1. The molecule has 0 unspecified atom stereocenters. The number of ether oxygens (including phenoxy) is 3. The number of phenols is 1. The van der Waals surface area contributed by atoms with Crippen molar-refractivity contribution in [3.05, 3.63) is 33.9 Å². The highest BCUT2D eigenvalue weighted by molar-refractivity contribution is 5.84. The minimum atomic E-state index is -0.368. The van der Waals surface area contributed by atoms with E-state index in [1.165, 1.54) is 7.11 Å². The summed E-state index contributed by atoms with van der Waals surface area (Å²) in [6.07, 6.45) is 3.58. The molecule has 172 valence electrons. The zero-order chi connectivity index (χ0) is 22.8. The van der Waals surface area contributed by atoms with Crippen molar-refractivity contribution in [3.8, 4) is 11.5 Å². The Morgan fingerprint density at radius 1 is 1.23 bits per heavy atom. The second-order valence-corrected chi connectivity index (χ2v) is 7.58. The Balaban J connectivity index is 1.92. The summed E-state index contributed by atoms with van der Waals surface area (Å²) in [6.45, 7) is 7.52. The van der Waals surface area contributed by atoms with Crippen molar-refractivity contribution in [1.82, 2.24) is 4.90 Å². The lowest BCUT2D eigenvalue weighted by atomic mass is 9.94. The quantitative estimate of drug-likeness (QED) is 0.309. The molecule has 1 aromatic carbocycles. The number of benzene rings is 1. The Kier molecular flexibility index (Phi) is 9.97. The van der Waals surface area contributed by atoms with E-state index in [0.29, 0.717) is 54.7 Å². The number of carbonyl (C=O) groups excluding carboxylic acids is 2. The number of hydrogen-bond donors (Lipinski definition) is 2. The second-order valence-electron chi connectivity index (χ2n) is 7.58. The number of aromatic hydroxyl groups is 1. The first-order chi connectivity index (χ1) is 14.9. The number of allylic oxidation sites excluding steroid dienone is 2. The van der Waals surface area contributed by atoms with Crippen LogP contribution in [0.2, 0.25) is 0 Å². The Bertz CT molecular complexity index is 798. The van der Waals surface area contributed by atoms with Gasteiger partial charge in [-0.3, -0.25) is 14.5 Å². The first kappa shape index (κ1) is 24.8. The molecule has 2 rings (SSSR count). The smallest absolute Gasteiger partial charge is 0.306 e. The van der Waals surface area contributed by atoms with Crippen molar-refractivity contribution in [2.45, 2.75) is 39.7 Å². The minimum Gasteiger partial charge on any atom is -0.507 e. The third-order valence-electron chi connectivity index (χ3n) is 5.57. The monoisotopic (exact) mass is 435 g/mol. The molecule has 0 aliphatic carbocycles. The largest absolute Gasteiger partial charge is 0.507 e. The van der Waals surface area contributed by atoms with E-state index in [-0.39, 0.29) is 30.3 Å². The molecule has 1 heterocycles. The predicted molar refractivity (Wildman–Crippen MR) is 116 cm³/mol. The Morgan fingerprint density at radius 2 is 1.94 bits per heavy atom. The molecule has 0 atom stereocenters. The summed E-state index contributed by atoms with van der Waals surface area (Å²) < 4.78 is 16.0. The molecule has 1 aliphatic heterocycles. The summed E-state index contributed by atoms with van der Waals surface area (Å²) in [5, 5.41) is 20.1. The van der Waals surface area contributed by atoms with Gasteiger partial charge in [-0.25, -0.2) is 0 Å². The van der Waals surface area contributed by atoms with E-state index in [1.807, 2.05) is 13.0 Å². The maximum Gasteiger partial charge on any atom is 0.306 e. The summed E-state index contributed by atoms with van der Waals surface area (Å²) in [5.41, 5.74) is 2.49. The van der Waals surface area contributed by atoms with Crippen molar-refractivity contribution in [1.29, 1.82) is 0 Å². The maximum atomic E-state index is 12.0. The molecule has 1 aromatic rings. The SMILES string of the molecule is COc1c(C)c(CO)c(C=O)c(O)c1C/C=C(\C)CCC(=O)OCCN1CCOCC1. The van der Waals surface area contributed by atoms with Crippen LogP contribution in [0.1, 0.15) is 46.8 Å². The second kappa shape index (κ2) is 12.4. The fourth-order valence-corrected chi connectivity index (χ4v) is 3.64. The summed E-state index contributed by atoms with van der Waals surface area (Å²) in [5.74, 6) is 0.0135. The number of methoxy groups -OCH3 is 1. The first-order valence-corrected chi connectivity index (χ1v) is 10.5. The molecule has 0 spiro atoms. The zero-order valence-corrected chi connectivity index (χ0v) is 18.6.